The Morgan fingerprint density at radius 2 is 2.08 bits per heavy atom. The summed E-state index contributed by atoms with van der Waals surface area (Å²) in [5, 5.41) is 14.5. The number of benzene rings is 2. The number of aromatic carboxylic acids is 1. The van der Waals surface area contributed by atoms with Crippen LogP contribution in [-0.2, 0) is 12.8 Å². The number of ether oxygens (including phenoxy) is 1. The second-order valence-corrected chi connectivity index (χ2v) is 7.25. The molecule has 1 N–H and O–H groups in total. The average Bonchev–Trinajstić information content (AvgIpc) is 3.01. The van der Waals surface area contributed by atoms with Crippen molar-refractivity contribution in [2.45, 2.75) is 12.8 Å². The van der Waals surface area contributed by atoms with Crippen LogP contribution in [0, 0.1) is 0 Å². The first kappa shape index (κ1) is 17.1. The van der Waals surface area contributed by atoms with Gasteiger partial charge in [-0.05, 0) is 58.6 Å². The van der Waals surface area contributed by atoms with E-state index in [0.717, 1.165) is 39.0 Å². The molecule has 1 heterocycles. The fourth-order valence-electron chi connectivity index (χ4n) is 3.37. The molecule has 5 nitrogen and oxygen atoms in total. The van der Waals surface area contributed by atoms with Gasteiger partial charge in [0.05, 0.1) is 28.0 Å². The fraction of sp³-hybridized carbons (Fsp3) is 0.158. The largest absolute Gasteiger partial charge is 0.496 e. The minimum Gasteiger partial charge on any atom is -0.496 e. The summed E-state index contributed by atoms with van der Waals surface area (Å²) in [5.41, 5.74) is 4.22. The number of carboxylic acids is 1. The summed E-state index contributed by atoms with van der Waals surface area (Å²) in [6.07, 6.45) is 1.32. The van der Waals surface area contributed by atoms with Crippen molar-refractivity contribution in [1.29, 1.82) is 0 Å². The zero-order valence-corrected chi connectivity index (χ0v) is 16.1. The lowest BCUT2D eigenvalue weighted by molar-refractivity contribution is 0.0688. The molecule has 1 aliphatic rings. The number of hydrogen-bond acceptors (Lipinski definition) is 3. The summed E-state index contributed by atoms with van der Waals surface area (Å²) in [4.78, 5) is 11.7. The van der Waals surface area contributed by atoms with Crippen molar-refractivity contribution in [1.82, 2.24) is 9.78 Å². The summed E-state index contributed by atoms with van der Waals surface area (Å²) in [6, 6.07) is 11.2. The van der Waals surface area contributed by atoms with Gasteiger partial charge in [0.2, 0.25) is 0 Å². The van der Waals surface area contributed by atoms with Crippen LogP contribution >= 0.6 is 27.5 Å². The molecule has 1 aliphatic carbocycles. The molecule has 132 valence electrons. The van der Waals surface area contributed by atoms with E-state index >= 15 is 0 Å². The number of para-hydroxylation sites is 1. The third-order valence-electron chi connectivity index (χ3n) is 4.54. The van der Waals surface area contributed by atoms with Crippen LogP contribution in [-0.4, -0.2) is 28.0 Å². The molecule has 7 heteroatoms. The Morgan fingerprint density at radius 1 is 1.31 bits per heavy atom. The molecular weight excluding hydrogens is 420 g/mol. The van der Waals surface area contributed by atoms with Gasteiger partial charge in [0.1, 0.15) is 5.75 Å². The molecule has 0 saturated heterocycles. The SMILES string of the molecule is COc1cc2c(cc1Br)-c1c(c(C(=O)O)nn1-c1ccccc1Cl)CC2. The van der Waals surface area contributed by atoms with Crippen LogP contribution in [0.25, 0.3) is 16.9 Å². The molecule has 0 amide bonds. The van der Waals surface area contributed by atoms with E-state index in [1.54, 1.807) is 17.9 Å². The predicted octanol–water partition coefficient (Wildman–Crippen LogP) is 4.76. The Balaban J connectivity index is 2.04. The summed E-state index contributed by atoms with van der Waals surface area (Å²) >= 11 is 9.88. The zero-order valence-electron chi connectivity index (χ0n) is 13.8. The minimum atomic E-state index is -1.04. The molecule has 0 bridgehead atoms. The summed E-state index contributed by atoms with van der Waals surface area (Å²) in [5.74, 6) is -0.294. The van der Waals surface area contributed by atoms with Gasteiger partial charge >= 0.3 is 5.97 Å². The maximum absolute atomic E-state index is 11.7. The van der Waals surface area contributed by atoms with Gasteiger partial charge < -0.3 is 9.84 Å². The number of hydrogen-bond donors (Lipinski definition) is 1. The molecule has 0 radical (unpaired) electrons. The van der Waals surface area contributed by atoms with E-state index in [9.17, 15) is 9.90 Å². The summed E-state index contributed by atoms with van der Waals surface area (Å²) < 4.78 is 7.83. The third kappa shape index (κ3) is 2.61. The van der Waals surface area contributed by atoms with Crippen molar-refractivity contribution < 1.29 is 14.6 Å². The van der Waals surface area contributed by atoms with E-state index < -0.39 is 5.97 Å². The number of fused-ring (bicyclic) bond motifs is 3. The standard InChI is InChI=1S/C19H14BrClN2O3/c1-26-16-8-10-6-7-11-17(19(24)25)22-23(15-5-3-2-4-14(15)21)18(11)12(10)9-13(16)20/h2-5,8-9H,6-7H2,1H3,(H,24,25). The average molecular weight is 434 g/mol. The van der Waals surface area contributed by atoms with Crippen molar-refractivity contribution in [3.8, 4) is 22.7 Å². The van der Waals surface area contributed by atoms with E-state index in [1.807, 2.05) is 30.3 Å². The number of aromatic nitrogens is 2. The number of carboxylic acid groups (broad SMARTS) is 1. The lowest BCUT2D eigenvalue weighted by atomic mass is 9.88. The van der Waals surface area contributed by atoms with Gasteiger partial charge in [0, 0.05) is 11.1 Å². The number of aryl methyl sites for hydroxylation is 1. The van der Waals surface area contributed by atoms with Gasteiger partial charge in [-0.15, -0.1) is 0 Å². The topological polar surface area (TPSA) is 64.3 Å². The van der Waals surface area contributed by atoms with Crippen LogP contribution in [0.2, 0.25) is 5.02 Å². The van der Waals surface area contributed by atoms with Crippen molar-refractivity contribution >= 4 is 33.5 Å². The predicted molar refractivity (Wildman–Crippen MR) is 103 cm³/mol. The van der Waals surface area contributed by atoms with E-state index in [2.05, 4.69) is 21.0 Å². The number of rotatable bonds is 3. The van der Waals surface area contributed by atoms with E-state index in [0.29, 0.717) is 17.1 Å². The van der Waals surface area contributed by atoms with Crippen molar-refractivity contribution in [2.24, 2.45) is 0 Å². The van der Waals surface area contributed by atoms with Gasteiger partial charge in [-0.2, -0.15) is 5.10 Å². The summed E-state index contributed by atoms with van der Waals surface area (Å²) in [6.45, 7) is 0. The molecule has 4 rings (SSSR count). The normalized spacial score (nSPS) is 12.4. The second-order valence-electron chi connectivity index (χ2n) is 5.99. The van der Waals surface area contributed by atoms with Gasteiger partial charge in [-0.25, -0.2) is 9.48 Å². The van der Waals surface area contributed by atoms with Crippen LogP contribution in [0.15, 0.2) is 40.9 Å². The van der Waals surface area contributed by atoms with Gasteiger partial charge in [-0.1, -0.05) is 23.7 Å². The van der Waals surface area contributed by atoms with Crippen molar-refractivity contribution in [3.63, 3.8) is 0 Å². The Bertz CT molecular complexity index is 1050. The first-order chi connectivity index (χ1) is 12.5. The molecule has 26 heavy (non-hydrogen) atoms. The molecule has 0 fully saturated rings. The van der Waals surface area contributed by atoms with E-state index in [1.165, 1.54) is 0 Å². The number of carbonyl (C=O) groups is 1. The molecule has 1 aromatic heterocycles. The van der Waals surface area contributed by atoms with Crippen LogP contribution in [0.3, 0.4) is 0 Å². The lowest BCUT2D eigenvalue weighted by Gasteiger charge is -2.20. The quantitative estimate of drug-likeness (QED) is 0.647. The third-order valence-corrected chi connectivity index (χ3v) is 5.48. The van der Waals surface area contributed by atoms with E-state index in [4.69, 9.17) is 16.3 Å². The Hall–Kier alpha value is -2.31. The lowest BCUT2D eigenvalue weighted by Crippen LogP contribution is -2.09. The van der Waals surface area contributed by atoms with Gasteiger partial charge in [-0.3, -0.25) is 0 Å². The highest BCUT2D eigenvalue weighted by atomic mass is 79.9. The molecular formula is C19H14BrClN2O3. The van der Waals surface area contributed by atoms with Crippen molar-refractivity contribution in [3.05, 3.63) is 62.7 Å². The van der Waals surface area contributed by atoms with Crippen LogP contribution in [0.4, 0.5) is 0 Å². The minimum absolute atomic E-state index is 0.0671. The smallest absolute Gasteiger partial charge is 0.356 e. The Labute approximate surface area is 163 Å². The van der Waals surface area contributed by atoms with Crippen LogP contribution in [0.5, 0.6) is 5.75 Å². The maximum atomic E-state index is 11.7. The second kappa shape index (κ2) is 6.45. The number of halogens is 2. The molecule has 0 spiro atoms. The van der Waals surface area contributed by atoms with Crippen LogP contribution < -0.4 is 4.74 Å². The molecule has 0 unspecified atom stereocenters. The molecule has 2 aromatic carbocycles. The fourth-order valence-corrected chi connectivity index (χ4v) is 4.09. The monoisotopic (exact) mass is 432 g/mol. The first-order valence-electron chi connectivity index (χ1n) is 7.98. The maximum Gasteiger partial charge on any atom is 0.356 e. The molecule has 0 saturated carbocycles. The Kier molecular flexibility index (Phi) is 4.25. The summed E-state index contributed by atoms with van der Waals surface area (Å²) in [7, 11) is 1.62. The highest BCUT2D eigenvalue weighted by Crippen LogP contribution is 2.42. The van der Waals surface area contributed by atoms with E-state index in [-0.39, 0.29) is 5.69 Å². The highest BCUT2D eigenvalue weighted by molar-refractivity contribution is 9.10. The van der Waals surface area contributed by atoms with Gasteiger partial charge in [0.15, 0.2) is 5.69 Å². The molecule has 0 atom stereocenters. The van der Waals surface area contributed by atoms with Gasteiger partial charge in [0.25, 0.3) is 0 Å². The number of nitrogens with zero attached hydrogens (tertiary/aromatic N) is 2. The highest BCUT2D eigenvalue weighted by Gasteiger charge is 2.30. The molecule has 3 aromatic rings. The zero-order chi connectivity index (χ0) is 18.4. The molecule has 0 aliphatic heterocycles. The van der Waals surface area contributed by atoms with Crippen LogP contribution in [0.1, 0.15) is 21.6 Å². The van der Waals surface area contributed by atoms with Crippen molar-refractivity contribution in [2.75, 3.05) is 7.11 Å². The number of methoxy groups -OCH3 is 1. The first-order valence-corrected chi connectivity index (χ1v) is 9.15. The Morgan fingerprint density at radius 3 is 2.77 bits per heavy atom.